The molecule has 2 N–H and O–H groups in total. The molecule has 15 heavy (non-hydrogen) atoms. The summed E-state index contributed by atoms with van der Waals surface area (Å²) in [7, 11) is 1.68. The topological polar surface area (TPSA) is 41.5 Å². The summed E-state index contributed by atoms with van der Waals surface area (Å²) in [5, 5.41) is 11.9. The molecule has 1 aromatic rings. The first-order valence-electron chi connectivity index (χ1n) is 5.21. The number of aliphatic hydroxyl groups is 1. The third-order valence-corrected chi connectivity index (χ3v) is 2.29. The SMILES string of the molecule is COc1ccc(NCCO)cc1C(C)C. The minimum atomic E-state index is 0.142. The predicted octanol–water partition coefficient (Wildman–Crippen LogP) is 2.22. The third-order valence-electron chi connectivity index (χ3n) is 2.29. The van der Waals surface area contributed by atoms with Crippen LogP contribution < -0.4 is 10.1 Å². The van der Waals surface area contributed by atoms with Gasteiger partial charge in [0.1, 0.15) is 5.75 Å². The standard InChI is InChI=1S/C12H19NO2/c1-9(2)11-8-10(13-6-7-14)4-5-12(11)15-3/h4-5,8-9,13-14H,6-7H2,1-3H3. The highest BCUT2D eigenvalue weighted by Gasteiger charge is 2.07. The van der Waals surface area contributed by atoms with Crippen molar-refractivity contribution in [3.05, 3.63) is 23.8 Å². The lowest BCUT2D eigenvalue weighted by molar-refractivity contribution is 0.311. The van der Waals surface area contributed by atoms with Gasteiger partial charge in [-0.15, -0.1) is 0 Å². The van der Waals surface area contributed by atoms with Gasteiger partial charge in [-0.3, -0.25) is 0 Å². The lowest BCUT2D eigenvalue weighted by Crippen LogP contribution is -2.06. The van der Waals surface area contributed by atoms with Gasteiger partial charge in [-0.2, -0.15) is 0 Å². The zero-order chi connectivity index (χ0) is 11.3. The molecule has 0 saturated heterocycles. The quantitative estimate of drug-likeness (QED) is 0.781. The fourth-order valence-electron chi connectivity index (χ4n) is 1.50. The van der Waals surface area contributed by atoms with Gasteiger partial charge >= 0.3 is 0 Å². The largest absolute Gasteiger partial charge is 0.496 e. The second-order valence-electron chi connectivity index (χ2n) is 3.76. The van der Waals surface area contributed by atoms with E-state index in [-0.39, 0.29) is 6.61 Å². The molecule has 0 atom stereocenters. The van der Waals surface area contributed by atoms with Crippen LogP contribution in [0.3, 0.4) is 0 Å². The van der Waals surface area contributed by atoms with Crippen molar-refractivity contribution in [2.75, 3.05) is 25.6 Å². The van der Waals surface area contributed by atoms with Gasteiger partial charge in [0.05, 0.1) is 13.7 Å². The van der Waals surface area contributed by atoms with Crippen LogP contribution in [0.5, 0.6) is 5.75 Å². The number of hydrogen-bond acceptors (Lipinski definition) is 3. The van der Waals surface area contributed by atoms with E-state index in [0.717, 1.165) is 11.4 Å². The molecule has 0 amide bonds. The number of methoxy groups -OCH3 is 1. The van der Waals surface area contributed by atoms with Gasteiger partial charge in [0, 0.05) is 12.2 Å². The first-order chi connectivity index (χ1) is 7.19. The summed E-state index contributed by atoms with van der Waals surface area (Å²) in [5.74, 6) is 1.34. The zero-order valence-corrected chi connectivity index (χ0v) is 9.58. The number of nitrogens with one attached hydrogen (secondary N) is 1. The van der Waals surface area contributed by atoms with Gasteiger partial charge in [0.2, 0.25) is 0 Å². The van der Waals surface area contributed by atoms with Gasteiger partial charge in [-0.05, 0) is 29.7 Å². The maximum absolute atomic E-state index is 8.72. The van der Waals surface area contributed by atoms with E-state index in [9.17, 15) is 0 Å². The molecule has 3 nitrogen and oxygen atoms in total. The van der Waals surface area contributed by atoms with Crippen molar-refractivity contribution in [3.8, 4) is 5.75 Å². The lowest BCUT2D eigenvalue weighted by atomic mass is 10.0. The molecule has 0 aliphatic carbocycles. The minimum Gasteiger partial charge on any atom is -0.496 e. The van der Waals surface area contributed by atoms with Gasteiger partial charge in [-0.25, -0.2) is 0 Å². The maximum Gasteiger partial charge on any atom is 0.122 e. The Labute approximate surface area is 91.1 Å². The van der Waals surface area contributed by atoms with E-state index < -0.39 is 0 Å². The van der Waals surface area contributed by atoms with Crippen LogP contribution in [-0.4, -0.2) is 25.4 Å². The van der Waals surface area contributed by atoms with Crippen molar-refractivity contribution < 1.29 is 9.84 Å². The molecule has 3 heteroatoms. The van der Waals surface area contributed by atoms with Crippen molar-refractivity contribution in [1.82, 2.24) is 0 Å². The molecule has 1 rings (SSSR count). The van der Waals surface area contributed by atoms with Crippen LogP contribution in [0.2, 0.25) is 0 Å². The molecular formula is C12H19NO2. The molecule has 0 bridgehead atoms. The zero-order valence-electron chi connectivity index (χ0n) is 9.58. The second kappa shape index (κ2) is 5.61. The van der Waals surface area contributed by atoms with Gasteiger partial charge < -0.3 is 15.2 Å². The molecule has 0 aliphatic rings. The first-order valence-corrected chi connectivity index (χ1v) is 5.21. The van der Waals surface area contributed by atoms with E-state index >= 15 is 0 Å². The van der Waals surface area contributed by atoms with E-state index in [1.54, 1.807) is 7.11 Å². The second-order valence-corrected chi connectivity index (χ2v) is 3.76. The Bertz CT molecular complexity index is 310. The molecule has 0 unspecified atom stereocenters. The van der Waals surface area contributed by atoms with E-state index in [1.807, 2.05) is 12.1 Å². The molecule has 0 fully saturated rings. The number of benzene rings is 1. The van der Waals surface area contributed by atoms with E-state index in [4.69, 9.17) is 9.84 Å². The summed E-state index contributed by atoms with van der Waals surface area (Å²) in [6.45, 7) is 4.98. The van der Waals surface area contributed by atoms with Crippen molar-refractivity contribution >= 4 is 5.69 Å². The van der Waals surface area contributed by atoms with Gasteiger partial charge in [-0.1, -0.05) is 13.8 Å². The lowest BCUT2D eigenvalue weighted by Gasteiger charge is -2.14. The Morgan fingerprint density at radius 2 is 2.13 bits per heavy atom. The predicted molar refractivity (Wildman–Crippen MR) is 62.7 cm³/mol. The number of anilines is 1. The van der Waals surface area contributed by atoms with Crippen LogP contribution in [0, 0.1) is 0 Å². The summed E-state index contributed by atoms with van der Waals surface area (Å²) in [4.78, 5) is 0. The molecule has 0 radical (unpaired) electrons. The molecule has 0 saturated carbocycles. The van der Waals surface area contributed by atoms with Crippen molar-refractivity contribution in [2.24, 2.45) is 0 Å². The summed E-state index contributed by atoms with van der Waals surface area (Å²) in [6.07, 6.45) is 0. The summed E-state index contributed by atoms with van der Waals surface area (Å²) >= 11 is 0. The van der Waals surface area contributed by atoms with E-state index in [0.29, 0.717) is 12.5 Å². The summed E-state index contributed by atoms with van der Waals surface area (Å²) < 4.78 is 5.29. The molecular weight excluding hydrogens is 190 g/mol. The first kappa shape index (κ1) is 11.9. The third kappa shape index (κ3) is 3.13. The summed E-state index contributed by atoms with van der Waals surface area (Å²) in [6, 6.07) is 5.98. The van der Waals surface area contributed by atoms with Crippen LogP contribution in [0.25, 0.3) is 0 Å². The Balaban J connectivity index is 2.89. The Hall–Kier alpha value is -1.22. The van der Waals surface area contributed by atoms with Gasteiger partial charge in [0.15, 0.2) is 0 Å². The highest BCUT2D eigenvalue weighted by atomic mass is 16.5. The van der Waals surface area contributed by atoms with Crippen molar-refractivity contribution in [3.63, 3.8) is 0 Å². The van der Waals surface area contributed by atoms with Crippen LogP contribution in [0.15, 0.2) is 18.2 Å². The smallest absolute Gasteiger partial charge is 0.122 e. The fourth-order valence-corrected chi connectivity index (χ4v) is 1.50. The average Bonchev–Trinajstić information content (AvgIpc) is 2.25. The molecule has 0 aliphatic heterocycles. The van der Waals surface area contributed by atoms with Crippen LogP contribution >= 0.6 is 0 Å². The van der Waals surface area contributed by atoms with Crippen LogP contribution in [-0.2, 0) is 0 Å². The normalized spacial score (nSPS) is 10.5. The molecule has 0 aromatic heterocycles. The number of aliphatic hydroxyl groups excluding tert-OH is 1. The average molecular weight is 209 g/mol. The molecule has 1 aromatic carbocycles. The Morgan fingerprint density at radius 1 is 1.40 bits per heavy atom. The molecule has 84 valence electrons. The molecule has 0 heterocycles. The van der Waals surface area contributed by atoms with Crippen LogP contribution in [0.1, 0.15) is 25.3 Å². The fraction of sp³-hybridized carbons (Fsp3) is 0.500. The van der Waals surface area contributed by atoms with E-state index in [1.165, 1.54) is 5.56 Å². The molecule has 0 spiro atoms. The van der Waals surface area contributed by atoms with Crippen LogP contribution in [0.4, 0.5) is 5.69 Å². The highest BCUT2D eigenvalue weighted by Crippen LogP contribution is 2.28. The summed E-state index contributed by atoms with van der Waals surface area (Å²) in [5.41, 5.74) is 2.20. The van der Waals surface area contributed by atoms with Crippen molar-refractivity contribution in [1.29, 1.82) is 0 Å². The highest BCUT2D eigenvalue weighted by molar-refractivity contribution is 5.52. The van der Waals surface area contributed by atoms with E-state index in [2.05, 4.69) is 25.2 Å². The number of ether oxygens (including phenoxy) is 1. The number of hydrogen-bond donors (Lipinski definition) is 2. The minimum absolute atomic E-state index is 0.142. The van der Waals surface area contributed by atoms with Crippen molar-refractivity contribution in [2.45, 2.75) is 19.8 Å². The van der Waals surface area contributed by atoms with Gasteiger partial charge in [0.25, 0.3) is 0 Å². The Morgan fingerprint density at radius 3 is 2.67 bits per heavy atom. The number of rotatable bonds is 5. The maximum atomic E-state index is 8.72. The monoisotopic (exact) mass is 209 g/mol. The Kier molecular flexibility index (Phi) is 4.43.